The largest absolute Gasteiger partial charge is 0.395 e. The Morgan fingerprint density at radius 2 is 2.39 bits per heavy atom. The number of rotatable bonds is 4. The van der Waals surface area contributed by atoms with E-state index in [1.807, 2.05) is 4.90 Å². The first-order chi connectivity index (χ1) is 8.69. The topological polar surface area (TPSA) is 52.6 Å². The van der Waals surface area contributed by atoms with Crippen molar-refractivity contribution in [2.75, 3.05) is 25.0 Å². The summed E-state index contributed by atoms with van der Waals surface area (Å²) in [5.41, 5.74) is 0.701. The van der Waals surface area contributed by atoms with Gasteiger partial charge >= 0.3 is 0 Å². The molecule has 0 saturated carbocycles. The summed E-state index contributed by atoms with van der Waals surface area (Å²) in [7, 11) is 0. The van der Waals surface area contributed by atoms with Gasteiger partial charge in [0, 0.05) is 16.8 Å². The van der Waals surface area contributed by atoms with Gasteiger partial charge in [-0.15, -0.1) is 0 Å². The molecule has 0 radical (unpaired) electrons. The number of aliphatic hydroxyl groups is 1. The smallest absolute Gasteiger partial charge is 0.238 e. The third kappa shape index (κ3) is 3.45. The molecule has 1 amide bonds. The second kappa shape index (κ2) is 6.18. The Labute approximate surface area is 112 Å². The number of likely N-dealkylation sites (tertiary alicyclic amines) is 1. The number of halogens is 1. The third-order valence-corrected chi connectivity index (χ3v) is 3.40. The van der Waals surface area contributed by atoms with E-state index < -0.39 is 0 Å². The van der Waals surface area contributed by atoms with Gasteiger partial charge in [0.1, 0.15) is 0 Å². The second-order valence-corrected chi connectivity index (χ2v) is 4.94. The molecule has 0 aromatic heterocycles. The lowest BCUT2D eigenvalue weighted by molar-refractivity contribution is -0.117. The third-order valence-electron chi connectivity index (χ3n) is 3.16. The molecule has 18 heavy (non-hydrogen) atoms. The molecule has 1 saturated heterocycles. The fourth-order valence-corrected chi connectivity index (χ4v) is 2.45. The molecule has 1 heterocycles. The fourth-order valence-electron chi connectivity index (χ4n) is 2.26. The summed E-state index contributed by atoms with van der Waals surface area (Å²) in [6.07, 6.45) is 2.00. The average Bonchev–Trinajstić information content (AvgIpc) is 2.76. The van der Waals surface area contributed by atoms with E-state index in [9.17, 15) is 9.90 Å². The van der Waals surface area contributed by atoms with Crippen molar-refractivity contribution in [1.29, 1.82) is 0 Å². The van der Waals surface area contributed by atoms with Gasteiger partial charge in [-0.1, -0.05) is 17.7 Å². The lowest BCUT2D eigenvalue weighted by atomic mass is 10.2. The van der Waals surface area contributed by atoms with Crippen molar-refractivity contribution in [1.82, 2.24) is 4.90 Å². The van der Waals surface area contributed by atoms with Gasteiger partial charge in [0.15, 0.2) is 0 Å². The number of nitrogens with zero attached hydrogens (tertiary/aromatic N) is 1. The van der Waals surface area contributed by atoms with Crippen molar-refractivity contribution in [2.24, 2.45) is 0 Å². The van der Waals surface area contributed by atoms with Gasteiger partial charge in [-0.3, -0.25) is 9.69 Å². The van der Waals surface area contributed by atoms with Crippen LogP contribution < -0.4 is 5.32 Å². The molecule has 1 aliphatic rings. The first-order valence-electron chi connectivity index (χ1n) is 6.09. The highest BCUT2D eigenvalue weighted by atomic mass is 35.5. The number of anilines is 1. The van der Waals surface area contributed by atoms with Crippen molar-refractivity contribution < 1.29 is 9.90 Å². The van der Waals surface area contributed by atoms with Crippen LogP contribution in [0.3, 0.4) is 0 Å². The number of benzene rings is 1. The van der Waals surface area contributed by atoms with E-state index in [0.29, 0.717) is 17.3 Å². The quantitative estimate of drug-likeness (QED) is 0.875. The molecule has 1 fully saturated rings. The molecule has 1 unspecified atom stereocenters. The van der Waals surface area contributed by atoms with Crippen molar-refractivity contribution in [3.63, 3.8) is 0 Å². The van der Waals surface area contributed by atoms with Gasteiger partial charge in [-0.2, -0.15) is 0 Å². The van der Waals surface area contributed by atoms with Gasteiger partial charge in [-0.05, 0) is 37.6 Å². The van der Waals surface area contributed by atoms with E-state index in [1.165, 1.54) is 0 Å². The zero-order valence-electron chi connectivity index (χ0n) is 10.1. The van der Waals surface area contributed by atoms with E-state index in [4.69, 9.17) is 11.6 Å². The zero-order valence-corrected chi connectivity index (χ0v) is 10.9. The number of carbonyl (C=O) groups is 1. The number of nitrogens with one attached hydrogen (secondary N) is 1. The van der Waals surface area contributed by atoms with Crippen LogP contribution in [0.5, 0.6) is 0 Å². The molecule has 1 aromatic rings. The standard InChI is InChI=1S/C13H17ClN2O2/c14-10-3-1-4-11(7-10)15-13(18)8-16-6-2-5-12(16)9-17/h1,3-4,7,12,17H,2,5-6,8-9H2,(H,15,18). The first kappa shape index (κ1) is 13.3. The van der Waals surface area contributed by atoms with Crippen LogP contribution in [-0.4, -0.2) is 41.7 Å². The molecule has 1 aliphatic heterocycles. The van der Waals surface area contributed by atoms with Gasteiger partial charge < -0.3 is 10.4 Å². The summed E-state index contributed by atoms with van der Waals surface area (Å²) in [5.74, 6) is -0.0717. The van der Waals surface area contributed by atoms with Gasteiger partial charge in [-0.25, -0.2) is 0 Å². The normalized spacial score (nSPS) is 20.0. The van der Waals surface area contributed by atoms with Crippen molar-refractivity contribution in [3.8, 4) is 0 Å². The Bertz CT molecular complexity index is 425. The Morgan fingerprint density at radius 3 is 3.11 bits per heavy atom. The zero-order chi connectivity index (χ0) is 13.0. The fraction of sp³-hybridized carbons (Fsp3) is 0.462. The van der Waals surface area contributed by atoms with E-state index in [-0.39, 0.29) is 18.6 Å². The van der Waals surface area contributed by atoms with Crippen LogP contribution in [0, 0.1) is 0 Å². The van der Waals surface area contributed by atoms with Gasteiger partial charge in [0.2, 0.25) is 5.91 Å². The molecule has 0 spiro atoms. The highest BCUT2D eigenvalue weighted by molar-refractivity contribution is 6.30. The number of hydrogen-bond acceptors (Lipinski definition) is 3. The minimum absolute atomic E-state index is 0.0717. The lowest BCUT2D eigenvalue weighted by Gasteiger charge is -2.21. The molecule has 1 atom stereocenters. The van der Waals surface area contributed by atoms with Crippen molar-refractivity contribution >= 4 is 23.2 Å². The summed E-state index contributed by atoms with van der Waals surface area (Å²) >= 11 is 5.85. The Kier molecular flexibility index (Phi) is 4.58. The average molecular weight is 269 g/mol. The molecular formula is C13H17ClN2O2. The van der Waals surface area contributed by atoms with E-state index in [2.05, 4.69) is 5.32 Å². The van der Waals surface area contributed by atoms with Crippen LogP contribution in [0.1, 0.15) is 12.8 Å². The van der Waals surface area contributed by atoms with E-state index >= 15 is 0 Å². The molecule has 2 rings (SSSR count). The van der Waals surface area contributed by atoms with Crippen molar-refractivity contribution in [2.45, 2.75) is 18.9 Å². The highest BCUT2D eigenvalue weighted by Crippen LogP contribution is 2.17. The molecule has 5 heteroatoms. The monoisotopic (exact) mass is 268 g/mol. The highest BCUT2D eigenvalue weighted by Gasteiger charge is 2.25. The molecule has 1 aromatic carbocycles. The van der Waals surface area contributed by atoms with Crippen LogP contribution in [0.4, 0.5) is 5.69 Å². The van der Waals surface area contributed by atoms with Gasteiger partial charge in [0.05, 0.1) is 13.2 Å². The minimum atomic E-state index is -0.0717. The Hall–Kier alpha value is -1.10. The maximum absolute atomic E-state index is 11.9. The Morgan fingerprint density at radius 1 is 1.56 bits per heavy atom. The van der Waals surface area contributed by atoms with E-state index in [1.54, 1.807) is 24.3 Å². The molecule has 4 nitrogen and oxygen atoms in total. The second-order valence-electron chi connectivity index (χ2n) is 4.51. The van der Waals surface area contributed by atoms with Crippen LogP contribution in [-0.2, 0) is 4.79 Å². The summed E-state index contributed by atoms with van der Waals surface area (Å²) in [4.78, 5) is 13.9. The van der Waals surface area contributed by atoms with Crippen LogP contribution in [0.15, 0.2) is 24.3 Å². The SMILES string of the molecule is O=C(CN1CCCC1CO)Nc1cccc(Cl)c1. The molecule has 2 N–H and O–H groups in total. The van der Waals surface area contributed by atoms with Crippen molar-refractivity contribution in [3.05, 3.63) is 29.3 Å². The maximum atomic E-state index is 11.9. The van der Waals surface area contributed by atoms with E-state index in [0.717, 1.165) is 19.4 Å². The minimum Gasteiger partial charge on any atom is -0.395 e. The molecular weight excluding hydrogens is 252 g/mol. The lowest BCUT2D eigenvalue weighted by Crippen LogP contribution is -2.38. The summed E-state index contributed by atoms with van der Waals surface area (Å²) in [6, 6.07) is 7.20. The van der Waals surface area contributed by atoms with Crippen LogP contribution in [0.2, 0.25) is 5.02 Å². The predicted molar refractivity (Wildman–Crippen MR) is 71.8 cm³/mol. The number of aliphatic hydroxyl groups excluding tert-OH is 1. The molecule has 0 bridgehead atoms. The van der Waals surface area contributed by atoms with Crippen LogP contribution in [0.25, 0.3) is 0 Å². The van der Waals surface area contributed by atoms with Gasteiger partial charge in [0.25, 0.3) is 0 Å². The summed E-state index contributed by atoms with van der Waals surface area (Å²) in [5, 5.41) is 12.6. The first-order valence-corrected chi connectivity index (χ1v) is 6.47. The number of hydrogen-bond donors (Lipinski definition) is 2. The van der Waals surface area contributed by atoms with Crippen LogP contribution >= 0.6 is 11.6 Å². The predicted octanol–water partition coefficient (Wildman–Crippen LogP) is 1.74. The summed E-state index contributed by atoms with van der Waals surface area (Å²) < 4.78 is 0. The number of amides is 1. The summed E-state index contributed by atoms with van der Waals surface area (Å²) in [6.45, 7) is 1.30. The molecule has 0 aliphatic carbocycles. The Balaban J connectivity index is 1.89. The number of carbonyl (C=O) groups excluding carboxylic acids is 1. The molecule has 98 valence electrons. The maximum Gasteiger partial charge on any atom is 0.238 e.